The Hall–Kier alpha value is -1.29. The molecule has 2 N–H and O–H groups in total. The highest BCUT2D eigenvalue weighted by molar-refractivity contribution is 6.29. The average molecular weight is 215 g/mol. The molecule has 0 fully saturated rings. The molecule has 0 aliphatic carbocycles. The topological polar surface area (TPSA) is 62.0 Å². The number of carbonyl (C=O) groups excluding carboxylic acids is 1. The molecule has 1 aromatic rings. The third-order valence-electron chi connectivity index (χ3n) is 1.83. The van der Waals surface area contributed by atoms with Gasteiger partial charge in [0.1, 0.15) is 5.15 Å². The van der Waals surface area contributed by atoms with Crippen molar-refractivity contribution < 1.29 is 4.79 Å². The van der Waals surface area contributed by atoms with Crippen LogP contribution >= 0.6 is 11.6 Å². The van der Waals surface area contributed by atoms with Crippen LogP contribution in [0.5, 0.6) is 0 Å². The van der Waals surface area contributed by atoms with E-state index in [2.05, 4.69) is 10.3 Å². The second-order valence-electron chi connectivity index (χ2n) is 2.99. The highest BCUT2D eigenvalue weighted by Crippen LogP contribution is 2.05. The molecule has 0 aliphatic heterocycles. The van der Waals surface area contributed by atoms with E-state index in [1.807, 2.05) is 0 Å². The van der Waals surface area contributed by atoms with Crippen LogP contribution in [-0.4, -0.2) is 10.9 Å². The lowest BCUT2D eigenvalue weighted by Crippen LogP contribution is -2.24. The molecule has 5 heteroatoms. The van der Waals surface area contributed by atoms with Crippen LogP contribution in [0.3, 0.4) is 0 Å². The summed E-state index contributed by atoms with van der Waals surface area (Å²) in [7, 11) is 0. The monoisotopic (exact) mass is 214 g/mol. The lowest BCUT2D eigenvalue weighted by atomic mass is 10.2. The summed E-state index contributed by atoms with van der Waals surface area (Å²) in [5, 5.41) is 2.87. The van der Waals surface area contributed by atoms with E-state index in [9.17, 15) is 9.59 Å². The van der Waals surface area contributed by atoms with Gasteiger partial charge in [0.05, 0.1) is 0 Å². The fourth-order valence-electron chi connectivity index (χ4n) is 1.11. The number of halogens is 1. The third-order valence-corrected chi connectivity index (χ3v) is 2.03. The lowest BCUT2D eigenvalue weighted by molar-refractivity contribution is -0.119. The van der Waals surface area contributed by atoms with Gasteiger partial charge in [0.25, 0.3) is 0 Å². The molecule has 0 aliphatic rings. The number of rotatable bonds is 2. The number of hydrogen-bond acceptors (Lipinski definition) is 2. The Morgan fingerprint density at radius 3 is 2.79 bits per heavy atom. The lowest BCUT2D eigenvalue weighted by Gasteiger charge is -2.05. The quantitative estimate of drug-likeness (QED) is 0.721. The Kier molecular flexibility index (Phi) is 3.30. The summed E-state index contributed by atoms with van der Waals surface area (Å²) in [6.45, 7) is 3.37. The van der Waals surface area contributed by atoms with Gasteiger partial charge >= 0.3 is 0 Å². The van der Waals surface area contributed by atoms with Crippen molar-refractivity contribution in [3.05, 3.63) is 32.7 Å². The SMILES string of the molecule is CC(=O)NCc1c(C)[nH]c(Cl)cc1=O. The molecule has 1 rings (SSSR count). The summed E-state index contributed by atoms with van der Waals surface area (Å²) in [4.78, 5) is 24.9. The van der Waals surface area contributed by atoms with Gasteiger partial charge in [-0.05, 0) is 6.92 Å². The molecule has 0 spiro atoms. The van der Waals surface area contributed by atoms with E-state index in [1.54, 1.807) is 6.92 Å². The average Bonchev–Trinajstić information content (AvgIpc) is 2.01. The molecule has 1 heterocycles. The van der Waals surface area contributed by atoms with E-state index < -0.39 is 0 Å². The zero-order chi connectivity index (χ0) is 10.7. The maximum atomic E-state index is 11.4. The Bertz CT molecular complexity index is 412. The number of nitrogens with one attached hydrogen (secondary N) is 2. The first-order valence-corrected chi connectivity index (χ1v) is 4.51. The van der Waals surface area contributed by atoms with Crippen LogP contribution in [0.25, 0.3) is 0 Å². The summed E-state index contributed by atoms with van der Waals surface area (Å²) in [5.41, 5.74) is 1.04. The molecule has 76 valence electrons. The zero-order valence-corrected chi connectivity index (χ0v) is 8.73. The highest BCUT2D eigenvalue weighted by atomic mass is 35.5. The van der Waals surface area contributed by atoms with Crippen molar-refractivity contribution in [2.75, 3.05) is 0 Å². The first-order chi connectivity index (χ1) is 6.50. The third kappa shape index (κ3) is 2.60. The van der Waals surface area contributed by atoms with Crippen LogP contribution in [0.1, 0.15) is 18.2 Å². The van der Waals surface area contributed by atoms with E-state index in [-0.39, 0.29) is 17.9 Å². The predicted octanol–water partition coefficient (Wildman–Crippen LogP) is 0.973. The minimum Gasteiger partial charge on any atom is -0.352 e. The summed E-state index contributed by atoms with van der Waals surface area (Å²) in [6, 6.07) is 1.30. The number of aryl methyl sites for hydroxylation is 1. The van der Waals surface area contributed by atoms with Gasteiger partial charge in [0, 0.05) is 30.8 Å². The normalized spacial score (nSPS) is 9.93. The summed E-state index contributed by atoms with van der Waals surface area (Å²) in [5.74, 6) is -0.168. The molecule has 14 heavy (non-hydrogen) atoms. The molecular formula is C9H11ClN2O2. The van der Waals surface area contributed by atoms with E-state index in [4.69, 9.17) is 11.6 Å². The Balaban J connectivity index is 2.97. The minimum atomic E-state index is -0.168. The van der Waals surface area contributed by atoms with Gasteiger partial charge in [0.15, 0.2) is 5.43 Å². The summed E-state index contributed by atoms with van der Waals surface area (Å²) >= 11 is 5.64. The number of pyridine rings is 1. The largest absolute Gasteiger partial charge is 0.352 e. The Morgan fingerprint density at radius 2 is 2.29 bits per heavy atom. The number of carbonyl (C=O) groups is 1. The second-order valence-corrected chi connectivity index (χ2v) is 3.40. The number of amides is 1. The van der Waals surface area contributed by atoms with E-state index in [0.29, 0.717) is 16.4 Å². The molecular weight excluding hydrogens is 204 g/mol. The molecule has 0 unspecified atom stereocenters. The van der Waals surface area contributed by atoms with Crippen LogP contribution < -0.4 is 10.7 Å². The number of aromatic nitrogens is 1. The number of hydrogen-bond donors (Lipinski definition) is 2. The Labute approximate surface area is 86.3 Å². The van der Waals surface area contributed by atoms with Gasteiger partial charge in [-0.2, -0.15) is 0 Å². The predicted molar refractivity (Wildman–Crippen MR) is 54.3 cm³/mol. The fourth-order valence-corrected chi connectivity index (χ4v) is 1.35. The number of aromatic amines is 1. The molecule has 0 saturated heterocycles. The van der Waals surface area contributed by atoms with Gasteiger partial charge in [-0.1, -0.05) is 11.6 Å². The molecule has 1 aromatic heterocycles. The fraction of sp³-hybridized carbons (Fsp3) is 0.333. The van der Waals surface area contributed by atoms with Gasteiger partial charge in [-0.3, -0.25) is 9.59 Å². The standard InChI is InChI=1S/C9H11ClN2O2/c1-5-7(4-11-6(2)13)8(14)3-9(10)12-5/h3H,4H2,1-2H3,(H,11,13)(H,12,14). The highest BCUT2D eigenvalue weighted by Gasteiger charge is 2.05. The van der Waals surface area contributed by atoms with Gasteiger partial charge in [-0.15, -0.1) is 0 Å². The molecule has 0 radical (unpaired) electrons. The molecule has 4 nitrogen and oxygen atoms in total. The zero-order valence-electron chi connectivity index (χ0n) is 7.98. The van der Waals surface area contributed by atoms with Crippen molar-refractivity contribution in [3.8, 4) is 0 Å². The smallest absolute Gasteiger partial charge is 0.217 e. The van der Waals surface area contributed by atoms with Gasteiger partial charge in [0.2, 0.25) is 5.91 Å². The van der Waals surface area contributed by atoms with Crippen LogP contribution in [0.2, 0.25) is 5.15 Å². The maximum Gasteiger partial charge on any atom is 0.217 e. The molecule has 1 amide bonds. The van der Waals surface area contributed by atoms with E-state index >= 15 is 0 Å². The van der Waals surface area contributed by atoms with E-state index in [0.717, 1.165) is 0 Å². The van der Waals surface area contributed by atoms with Crippen LogP contribution in [0.4, 0.5) is 0 Å². The van der Waals surface area contributed by atoms with Gasteiger partial charge < -0.3 is 10.3 Å². The Morgan fingerprint density at radius 1 is 1.64 bits per heavy atom. The summed E-state index contributed by atoms with van der Waals surface area (Å²) in [6.07, 6.45) is 0. The van der Waals surface area contributed by atoms with Gasteiger partial charge in [-0.25, -0.2) is 0 Å². The van der Waals surface area contributed by atoms with Crippen molar-refractivity contribution >= 4 is 17.5 Å². The van der Waals surface area contributed by atoms with Crippen molar-refractivity contribution in [2.24, 2.45) is 0 Å². The number of H-pyrrole nitrogens is 1. The van der Waals surface area contributed by atoms with Crippen molar-refractivity contribution in [3.63, 3.8) is 0 Å². The van der Waals surface area contributed by atoms with Crippen LogP contribution in [0.15, 0.2) is 10.9 Å². The molecule has 0 aromatic carbocycles. The minimum absolute atomic E-state index is 0.167. The molecule has 0 bridgehead atoms. The molecule has 0 atom stereocenters. The van der Waals surface area contributed by atoms with Crippen LogP contribution in [0, 0.1) is 6.92 Å². The first kappa shape index (κ1) is 10.8. The van der Waals surface area contributed by atoms with Crippen molar-refractivity contribution in [1.82, 2.24) is 10.3 Å². The van der Waals surface area contributed by atoms with Crippen molar-refractivity contribution in [2.45, 2.75) is 20.4 Å². The van der Waals surface area contributed by atoms with E-state index in [1.165, 1.54) is 13.0 Å². The second kappa shape index (κ2) is 4.28. The van der Waals surface area contributed by atoms with Crippen LogP contribution in [-0.2, 0) is 11.3 Å². The van der Waals surface area contributed by atoms with Crippen molar-refractivity contribution in [1.29, 1.82) is 0 Å². The first-order valence-electron chi connectivity index (χ1n) is 4.13. The molecule has 0 saturated carbocycles. The summed E-state index contributed by atoms with van der Waals surface area (Å²) < 4.78 is 0. The maximum absolute atomic E-state index is 11.4.